The molecule has 1 saturated heterocycles. The lowest BCUT2D eigenvalue weighted by molar-refractivity contribution is -0.694. The van der Waals surface area contributed by atoms with Gasteiger partial charge in [0.1, 0.15) is 0 Å². The second-order valence-electron chi connectivity index (χ2n) is 2.25. The first-order chi connectivity index (χ1) is 4.13. The second kappa shape index (κ2) is 2.31. The molecule has 1 aliphatic rings. The highest BCUT2D eigenvalue weighted by atomic mass is 14.9. The van der Waals surface area contributed by atoms with Gasteiger partial charge in [-0.05, 0) is 26.2 Å². The van der Waals surface area contributed by atoms with Crippen LogP contribution < -0.4 is 5.30 Å². The summed E-state index contributed by atoms with van der Waals surface area (Å²) >= 11 is 0. The molecule has 0 saturated carbocycles. The number of hydrogen-bond acceptors (Lipinski definition) is 0. The maximum Gasteiger partial charge on any atom is 0.346 e. The number of hydrogen-bond donors (Lipinski definition) is 1. The molecule has 0 aliphatic carbocycles. The van der Waals surface area contributed by atoms with Crippen molar-refractivity contribution in [2.45, 2.75) is 32.2 Å². The van der Waals surface area contributed by atoms with Gasteiger partial charge in [0.05, 0.1) is 12.6 Å². The van der Waals surface area contributed by atoms with Crippen molar-refractivity contribution in [3.05, 3.63) is 0 Å². The van der Waals surface area contributed by atoms with Crippen molar-refractivity contribution in [3.63, 3.8) is 0 Å². The predicted octanol–water partition coefficient (Wildman–Crippen LogP) is 0.122. The fourth-order valence-electron chi connectivity index (χ4n) is 0.955. The molecule has 1 heterocycles. The fourth-order valence-corrected chi connectivity index (χ4v) is 0.955. The molecule has 1 atom stereocenters. The van der Waals surface area contributed by atoms with E-state index in [1.54, 1.807) is 0 Å². The average Bonchev–Trinajstić information content (AvgIpc) is 1.77. The summed E-state index contributed by atoms with van der Waals surface area (Å²) in [6.07, 6.45) is 3.31. The van der Waals surface area contributed by atoms with Crippen LogP contribution in [-0.4, -0.2) is 12.6 Å². The quantitative estimate of drug-likeness (QED) is 0.447. The zero-order valence-corrected chi connectivity index (χ0v) is 4.85. The number of quaternary nitrogens is 1. The van der Waals surface area contributed by atoms with Gasteiger partial charge in [-0.2, -0.15) is 0 Å². The molecule has 2 N–H and O–H groups in total. The molecule has 0 radical (unpaired) electrons. The molecule has 1 aliphatic heterocycles. The minimum Gasteiger partial charge on any atom is -0.344 e. The van der Waals surface area contributed by atoms with Crippen molar-refractivity contribution in [3.8, 4) is 0 Å². The molecule has 0 bridgehead atoms. The lowest BCUT2D eigenvalue weighted by atomic mass is 10.1. The molecule has 1 fully saturated rings. The zero-order valence-electron chi connectivity index (χ0n) is 6.85. The average molecular weight is 102 g/mol. The molecule has 7 heavy (non-hydrogen) atoms. The van der Waals surface area contributed by atoms with Crippen LogP contribution >= 0.6 is 0 Å². The van der Waals surface area contributed by atoms with Gasteiger partial charge in [-0.1, -0.05) is 0 Å². The van der Waals surface area contributed by atoms with Crippen LogP contribution in [0.25, 0.3) is 0 Å². The molecule has 0 aromatic heterocycles. The van der Waals surface area contributed by atoms with E-state index >= 15 is 0 Å². The fraction of sp³-hybridized carbons (Fsp3) is 1.00. The number of rotatable bonds is 0. The Labute approximate surface area is 48.0 Å². The third kappa shape index (κ3) is 1.48. The lowest BCUT2D eigenvalue weighted by Crippen LogP contribution is -2.90. The third-order valence-electron chi connectivity index (χ3n) is 1.47. The van der Waals surface area contributed by atoms with E-state index in [9.17, 15) is 0 Å². The van der Waals surface area contributed by atoms with Gasteiger partial charge in [0.25, 0.3) is 0 Å². The Kier molecular flexibility index (Phi) is 1.02. The summed E-state index contributed by atoms with van der Waals surface area (Å²) in [6, 6.07) is 0.221. The standard InChI is InChI=1S/C6H13N/c1-6-4-2-3-5-7-6/h6-7H,2-5H2,1H3/p+1/t6-/m0/s1/i/hD2. The maximum atomic E-state index is 7.44. The summed E-state index contributed by atoms with van der Waals surface area (Å²) in [4.78, 5) is 0. The Balaban J connectivity index is 2.49. The highest BCUT2D eigenvalue weighted by molar-refractivity contribution is 4.50. The van der Waals surface area contributed by atoms with E-state index in [2.05, 4.69) is 0 Å². The van der Waals surface area contributed by atoms with E-state index in [0.29, 0.717) is 6.54 Å². The van der Waals surface area contributed by atoms with Gasteiger partial charge in [-0.15, -0.1) is 0 Å². The van der Waals surface area contributed by atoms with Gasteiger partial charge in [0.2, 0.25) is 0 Å². The normalized spacial score (nSPS) is 44.4. The summed E-state index contributed by atoms with van der Waals surface area (Å²) in [5, 5.41) is -0.264. The van der Waals surface area contributed by atoms with E-state index < -0.39 is 0 Å². The van der Waals surface area contributed by atoms with E-state index in [1.165, 1.54) is 6.42 Å². The molecule has 0 spiro atoms. The molecule has 1 rings (SSSR count). The smallest absolute Gasteiger partial charge is 0.344 e. The van der Waals surface area contributed by atoms with Gasteiger partial charge >= 0.3 is 2.82 Å². The van der Waals surface area contributed by atoms with Crippen LogP contribution in [0.15, 0.2) is 0 Å². The number of piperidine rings is 1. The SMILES string of the molecule is [2H][N+]1([2H])CCCC[C@@H]1C. The van der Waals surface area contributed by atoms with Crippen molar-refractivity contribution in [2.24, 2.45) is 0 Å². The number of nitrogens with two attached hydrogens (primary N) is 1. The highest BCUT2D eigenvalue weighted by Gasteiger charge is 2.08. The van der Waals surface area contributed by atoms with Crippen molar-refractivity contribution in [2.75, 3.05) is 6.54 Å². The summed E-state index contributed by atoms with van der Waals surface area (Å²) < 4.78 is 14.9. The monoisotopic (exact) mass is 102 g/mol. The first-order valence-corrected chi connectivity index (χ1v) is 3.06. The predicted molar refractivity (Wildman–Crippen MR) is 30.1 cm³/mol. The summed E-state index contributed by atoms with van der Waals surface area (Å²) in [6.45, 7) is 2.69. The summed E-state index contributed by atoms with van der Waals surface area (Å²) in [7, 11) is 0. The summed E-state index contributed by atoms with van der Waals surface area (Å²) in [5.74, 6) is 0. The molecule has 0 unspecified atom stereocenters. The van der Waals surface area contributed by atoms with E-state index in [1.807, 2.05) is 6.92 Å². The first-order valence-electron chi connectivity index (χ1n) is 3.95. The van der Waals surface area contributed by atoms with Crippen LogP contribution in [-0.2, 0) is 0 Å². The molecule has 0 aromatic rings. The molecular weight excluding hydrogens is 86.1 g/mol. The van der Waals surface area contributed by atoms with E-state index in [4.69, 9.17) is 2.82 Å². The van der Waals surface area contributed by atoms with Gasteiger partial charge in [0.15, 0.2) is 0 Å². The largest absolute Gasteiger partial charge is 0.346 e. The Morgan fingerprint density at radius 3 is 3.00 bits per heavy atom. The van der Waals surface area contributed by atoms with Crippen LogP contribution in [0.2, 0.25) is 2.82 Å². The minimum absolute atomic E-state index is 0.221. The van der Waals surface area contributed by atoms with Gasteiger partial charge in [-0.3, -0.25) is 0 Å². The van der Waals surface area contributed by atoms with Crippen LogP contribution in [0.3, 0.4) is 0 Å². The van der Waals surface area contributed by atoms with Crippen LogP contribution in [0.1, 0.15) is 26.2 Å². The van der Waals surface area contributed by atoms with Crippen LogP contribution in [0, 0.1) is 0 Å². The van der Waals surface area contributed by atoms with Crippen molar-refractivity contribution in [1.82, 2.24) is 0 Å². The Hall–Kier alpha value is -0.0400. The minimum atomic E-state index is -0.264. The van der Waals surface area contributed by atoms with Crippen LogP contribution in [0.4, 0.5) is 0 Å². The van der Waals surface area contributed by atoms with Crippen molar-refractivity contribution < 1.29 is 8.13 Å². The Bertz CT molecular complexity index is 103. The van der Waals surface area contributed by atoms with Crippen molar-refractivity contribution >= 4 is 0 Å². The van der Waals surface area contributed by atoms with Crippen molar-refractivity contribution in [1.29, 1.82) is 0 Å². The maximum absolute atomic E-state index is 7.44. The van der Waals surface area contributed by atoms with E-state index in [0.717, 1.165) is 12.8 Å². The molecular formula is C6H14N+. The highest BCUT2D eigenvalue weighted by Crippen LogP contribution is 1.98. The molecule has 0 aromatic carbocycles. The molecule has 1 nitrogen and oxygen atoms in total. The molecule has 42 valence electrons. The summed E-state index contributed by atoms with van der Waals surface area (Å²) in [5.41, 5.74) is 0. The first kappa shape index (κ1) is 3.08. The molecule has 1 heteroatoms. The zero-order chi connectivity index (χ0) is 6.91. The third-order valence-corrected chi connectivity index (χ3v) is 1.47. The topological polar surface area (TPSA) is 16.6 Å². The molecule has 0 amide bonds. The van der Waals surface area contributed by atoms with Gasteiger partial charge in [-0.25, -0.2) is 0 Å². The Morgan fingerprint density at radius 1 is 1.71 bits per heavy atom. The Morgan fingerprint density at radius 2 is 2.57 bits per heavy atom. The van der Waals surface area contributed by atoms with Gasteiger partial charge in [0, 0.05) is 0 Å². The van der Waals surface area contributed by atoms with Crippen LogP contribution in [0.5, 0.6) is 0 Å². The van der Waals surface area contributed by atoms with Gasteiger partial charge < -0.3 is 5.30 Å². The second-order valence-corrected chi connectivity index (χ2v) is 2.25. The van der Waals surface area contributed by atoms with E-state index in [-0.39, 0.29) is 11.3 Å². The lowest BCUT2D eigenvalue weighted by Gasteiger charge is -2.14.